The van der Waals surface area contributed by atoms with Crippen LogP contribution in [0.2, 0.25) is 0 Å². The van der Waals surface area contributed by atoms with E-state index in [0.29, 0.717) is 6.61 Å². The molecule has 6 heteroatoms. The minimum absolute atomic E-state index is 0.209. The van der Waals surface area contributed by atoms with Gasteiger partial charge in [-0.25, -0.2) is 0 Å². The van der Waals surface area contributed by atoms with Gasteiger partial charge in [-0.3, -0.25) is 0 Å². The highest BCUT2D eigenvalue weighted by atomic mass is 35.5. The van der Waals surface area contributed by atoms with E-state index in [4.69, 9.17) is 36.8 Å². The fraction of sp³-hybridized carbons (Fsp3) is 0.280. The zero-order valence-corrected chi connectivity index (χ0v) is 19.8. The third-order valence-electron chi connectivity index (χ3n) is 4.77. The Balaban J connectivity index is 1.57. The largest absolute Gasteiger partial charge is 0.332 e. The second kappa shape index (κ2) is 13.2. The van der Waals surface area contributed by atoms with Gasteiger partial charge in [-0.15, -0.1) is 23.2 Å². The van der Waals surface area contributed by atoms with E-state index in [9.17, 15) is 0 Å². The Bertz CT molecular complexity index is 750. The lowest BCUT2D eigenvalue weighted by molar-refractivity contribution is 0.155. The maximum atomic E-state index is 6.52. The maximum Gasteiger partial charge on any atom is 0.332 e. The predicted octanol–water partition coefficient (Wildman–Crippen LogP) is 8.03. The van der Waals surface area contributed by atoms with Crippen molar-refractivity contribution in [2.24, 2.45) is 0 Å². The van der Waals surface area contributed by atoms with Crippen LogP contribution >= 0.6 is 31.8 Å². The molecule has 0 saturated carbocycles. The molecule has 0 aromatic heterocycles. The number of hydrogen-bond acceptors (Lipinski definition) is 3. The first-order chi connectivity index (χ1) is 15.1. The van der Waals surface area contributed by atoms with Gasteiger partial charge in [0.15, 0.2) is 0 Å². The van der Waals surface area contributed by atoms with Crippen LogP contribution in [0.5, 0.6) is 0 Å². The molecule has 31 heavy (non-hydrogen) atoms. The second-order valence-electron chi connectivity index (χ2n) is 7.18. The van der Waals surface area contributed by atoms with Crippen LogP contribution < -0.4 is 0 Å². The number of benzene rings is 3. The molecule has 3 aromatic rings. The summed E-state index contributed by atoms with van der Waals surface area (Å²) in [5.74, 6) is 0.209. The molecule has 164 valence electrons. The molecule has 3 atom stereocenters. The van der Waals surface area contributed by atoms with Gasteiger partial charge in [-0.2, -0.15) is 0 Å². The van der Waals surface area contributed by atoms with E-state index < -0.39 is 8.60 Å². The Kier molecular flexibility index (Phi) is 10.3. The van der Waals surface area contributed by atoms with Crippen molar-refractivity contribution in [1.29, 1.82) is 0 Å². The SMILES string of the molecule is CC(COP(OCC(Cl)c1ccccc1)OCC(Cl)c1ccccc1)c1ccccc1. The van der Waals surface area contributed by atoms with Gasteiger partial charge in [0, 0.05) is 5.92 Å². The van der Waals surface area contributed by atoms with Gasteiger partial charge >= 0.3 is 8.60 Å². The van der Waals surface area contributed by atoms with E-state index in [2.05, 4.69) is 19.1 Å². The van der Waals surface area contributed by atoms with Gasteiger partial charge in [0.05, 0.1) is 30.6 Å². The lowest BCUT2D eigenvalue weighted by atomic mass is 10.0. The predicted molar refractivity (Wildman–Crippen MR) is 130 cm³/mol. The van der Waals surface area contributed by atoms with Crippen LogP contribution in [0.4, 0.5) is 0 Å². The molecule has 3 aromatic carbocycles. The lowest BCUT2D eigenvalue weighted by Gasteiger charge is -2.22. The molecule has 0 aliphatic carbocycles. The first-order valence-corrected chi connectivity index (χ1v) is 12.2. The highest BCUT2D eigenvalue weighted by Crippen LogP contribution is 2.44. The average Bonchev–Trinajstić information content (AvgIpc) is 2.84. The van der Waals surface area contributed by atoms with E-state index in [1.54, 1.807) is 0 Å². The average molecular weight is 477 g/mol. The summed E-state index contributed by atoms with van der Waals surface area (Å²) in [6, 6.07) is 29.9. The summed E-state index contributed by atoms with van der Waals surface area (Å²) in [4.78, 5) is 0. The van der Waals surface area contributed by atoms with E-state index in [1.807, 2.05) is 78.9 Å². The number of rotatable bonds is 12. The van der Waals surface area contributed by atoms with Gasteiger partial charge in [0.25, 0.3) is 0 Å². The lowest BCUT2D eigenvalue weighted by Crippen LogP contribution is -2.08. The van der Waals surface area contributed by atoms with Crippen LogP contribution in [0.1, 0.15) is 40.3 Å². The maximum absolute atomic E-state index is 6.52. The summed E-state index contributed by atoms with van der Waals surface area (Å²) in [5.41, 5.74) is 3.20. The van der Waals surface area contributed by atoms with Gasteiger partial charge in [-0.1, -0.05) is 97.9 Å². The molecule has 0 heterocycles. The highest BCUT2D eigenvalue weighted by molar-refractivity contribution is 7.41. The van der Waals surface area contributed by atoms with Crippen molar-refractivity contribution in [2.75, 3.05) is 19.8 Å². The van der Waals surface area contributed by atoms with Crippen LogP contribution in [-0.4, -0.2) is 19.8 Å². The molecular weight excluding hydrogens is 450 g/mol. The van der Waals surface area contributed by atoms with Crippen molar-refractivity contribution in [3.63, 3.8) is 0 Å². The van der Waals surface area contributed by atoms with Crippen molar-refractivity contribution >= 4 is 31.8 Å². The molecule has 0 amide bonds. The molecule has 0 bridgehead atoms. The molecule has 0 N–H and O–H groups in total. The molecule has 0 fully saturated rings. The van der Waals surface area contributed by atoms with Gasteiger partial charge < -0.3 is 13.6 Å². The standard InChI is InChI=1S/C25H27Cl2O3P/c1-20(21-11-5-2-6-12-21)17-28-31(29-18-24(26)22-13-7-3-8-14-22)30-19-25(27)23-15-9-4-10-16-23/h2-16,20,24-25H,17-19H2,1H3. The molecule has 0 aliphatic rings. The molecule has 3 rings (SSSR count). The van der Waals surface area contributed by atoms with E-state index >= 15 is 0 Å². The first kappa shape index (κ1) is 24.2. The van der Waals surface area contributed by atoms with Gasteiger partial charge in [0.2, 0.25) is 0 Å². The summed E-state index contributed by atoms with van der Waals surface area (Å²) >= 11 is 13.0. The van der Waals surface area contributed by atoms with Crippen LogP contribution in [0.25, 0.3) is 0 Å². The van der Waals surface area contributed by atoms with E-state index in [0.717, 1.165) is 11.1 Å². The minimum atomic E-state index is -1.60. The quantitative estimate of drug-likeness (QED) is 0.195. The Labute approximate surface area is 196 Å². The third kappa shape index (κ3) is 8.20. The zero-order valence-electron chi connectivity index (χ0n) is 17.4. The zero-order chi connectivity index (χ0) is 21.9. The van der Waals surface area contributed by atoms with Crippen LogP contribution in [0.15, 0.2) is 91.0 Å². The summed E-state index contributed by atoms with van der Waals surface area (Å²) in [6.45, 7) is 3.17. The number of alkyl halides is 2. The monoisotopic (exact) mass is 476 g/mol. The fourth-order valence-electron chi connectivity index (χ4n) is 2.93. The van der Waals surface area contributed by atoms with Crippen LogP contribution in [0, 0.1) is 0 Å². The summed E-state index contributed by atoms with van der Waals surface area (Å²) in [7, 11) is -1.60. The van der Waals surface area contributed by atoms with Crippen LogP contribution in [-0.2, 0) is 13.6 Å². The number of hydrogen-bond donors (Lipinski definition) is 0. The topological polar surface area (TPSA) is 27.7 Å². The first-order valence-electron chi connectivity index (χ1n) is 10.3. The molecule has 3 nitrogen and oxygen atoms in total. The second-order valence-corrected chi connectivity index (χ2v) is 9.45. The van der Waals surface area contributed by atoms with E-state index in [1.165, 1.54) is 5.56 Å². The van der Waals surface area contributed by atoms with Crippen molar-refractivity contribution < 1.29 is 13.6 Å². The molecular formula is C25H27Cl2O3P. The molecule has 3 unspecified atom stereocenters. The summed E-state index contributed by atoms with van der Waals surface area (Å²) in [6.07, 6.45) is 0. The molecule has 0 radical (unpaired) electrons. The van der Waals surface area contributed by atoms with Crippen molar-refractivity contribution in [2.45, 2.75) is 23.6 Å². The fourth-order valence-corrected chi connectivity index (χ4v) is 4.63. The van der Waals surface area contributed by atoms with E-state index in [-0.39, 0.29) is 29.9 Å². The summed E-state index contributed by atoms with van der Waals surface area (Å²) < 4.78 is 18.0. The summed E-state index contributed by atoms with van der Waals surface area (Å²) in [5, 5.41) is -0.572. The molecule has 0 spiro atoms. The van der Waals surface area contributed by atoms with Crippen LogP contribution in [0.3, 0.4) is 0 Å². The number of halogens is 2. The van der Waals surface area contributed by atoms with Crippen molar-refractivity contribution in [3.8, 4) is 0 Å². The van der Waals surface area contributed by atoms with Gasteiger partial charge in [-0.05, 0) is 16.7 Å². The Hall–Kier alpha value is -1.45. The Morgan fingerprint density at radius 3 is 1.35 bits per heavy atom. The Morgan fingerprint density at radius 1 is 0.581 bits per heavy atom. The molecule has 0 saturated heterocycles. The van der Waals surface area contributed by atoms with Crippen molar-refractivity contribution in [1.82, 2.24) is 0 Å². The minimum Gasteiger partial charge on any atom is -0.312 e. The third-order valence-corrected chi connectivity index (χ3v) is 6.61. The smallest absolute Gasteiger partial charge is 0.312 e. The highest BCUT2D eigenvalue weighted by Gasteiger charge is 2.20. The molecule has 0 aliphatic heterocycles. The van der Waals surface area contributed by atoms with Gasteiger partial charge in [0.1, 0.15) is 0 Å². The van der Waals surface area contributed by atoms with Crippen molar-refractivity contribution in [3.05, 3.63) is 108 Å². The Morgan fingerprint density at radius 2 is 0.935 bits per heavy atom. The normalized spacial score (nSPS) is 15.2.